The van der Waals surface area contributed by atoms with E-state index in [9.17, 15) is 9.59 Å². The van der Waals surface area contributed by atoms with Crippen LogP contribution in [0, 0.1) is 0 Å². The van der Waals surface area contributed by atoms with Crippen LogP contribution in [-0.4, -0.2) is 23.1 Å². The number of ether oxygens (including phenoxy) is 1. The molecule has 0 spiro atoms. The van der Waals surface area contributed by atoms with Crippen LogP contribution in [0.4, 0.5) is 0 Å². The maximum absolute atomic E-state index is 12.3. The Morgan fingerprint density at radius 2 is 1.03 bits per heavy atom. The molecule has 0 aliphatic heterocycles. The summed E-state index contributed by atoms with van der Waals surface area (Å²) in [6.45, 7) is 4.45. The van der Waals surface area contributed by atoms with Crippen LogP contribution in [-0.2, 0) is 14.3 Å². The van der Waals surface area contributed by atoms with Crippen LogP contribution >= 0.6 is 0 Å². The molecule has 0 bridgehead atoms. The van der Waals surface area contributed by atoms with Crippen LogP contribution in [0.5, 0.6) is 0 Å². The zero-order valence-electron chi connectivity index (χ0n) is 23.4. The summed E-state index contributed by atoms with van der Waals surface area (Å²) >= 11 is 0. The summed E-state index contributed by atoms with van der Waals surface area (Å²) < 4.78 is 5.78. The third kappa shape index (κ3) is 27.1. The summed E-state index contributed by atoms with van der Waals surface area (Å²) in [5.41, 5.74) is 0. The first-order chi connectivity index (χ1) is 17.1. The van der Waals surface area contributed by atoms with E-state index in [2.05, 4.69) is 26.0 Å². The van der Waals surface area contributed by atoms with E-state index in [1.54, 1.807) is 0 Å². The molecule has 0 amide bonds. The number of esters is 1. The second-order valence-electron chi connectivity index (χ2n) is 10.3. The minimum absolute atomic E-state index is 0.00623. The van der Waals surface area contributed by atoms with Gasteiger partial charge >= 0.3 is 11.9 Å². The molecule has 4 heteroatoms. The Bertz CT molecular complexity index is 500. The highest BCUT2D eigenvalue weighted by Gasteiger charge is 2.14. The van der Waals surface area contributed by atoms with Crippen molar-refractivity contribution in [2.24, 2.45) is 0 Å². The number of carbonyl (C=O) groups is 2. The van der Waals surface area contributed by atoms with Crippen molar-refractivity contribution < 1.29 is 19.4 Å². The van der Waals surface area contributed by atoms with E-state index in [1.165, 1.54) is 83.5 Å². The highest BCUT2D eigenvalue weighted by Crippen LogP contribution is 2.17. The molecule has 1 N–H and O–H groups in total. The molecule has 0 fully saturated rings. The molecule has 0 rings (SSSR count). The number of allylic oxidation sites excluding steroid dienone is 2. The van der Waals surface area contributed by atoms with E-state index in [-0.39, 0.29) is 18.5 Å². The fourth-order valence-electron chi connectivity index (χ4n) is 4.47. The molecule has 0 aliphatic rings. The zero-order valence-corrected chi connectivity index (χ0v) is 23.4. The van der Waals surface area contributed by atoms with Gasteiger partial charge in [0.1, 0.15) is 6.10 Å². The standard InChI is InChI=1S/C31H58O4/c1-3-5-7-8-9-10-11-12-13-14-15-16-17-18-19-24-28-31(34)35-29(25-21-6-4-2)26-22-20-23-27-30(32)33/h13-14,29H,3-12,15-28H2,1-2H3,(H,32,33)/b14-13-. The fraction of sp³-hybridized carbons (Fsp3) is 0.871. The second kappa shape index (κ2) is 27.3. The highest BCUT2D eigenvalue weighted by molar-refractivity contribution is 5.69. The third-order valence-corrected chi connectivity index (χ3v) is 6.74. The van der Waals surface area contributed by atoms with Gasteiger partial charge in [0, 0.05) is 12.8 Å². The quantitative estimate of drug-likeness (QED) is 0.0701. The van der Waals surface area contributed by atoms with Crippen molar-refractivity contribution in [3.63, 3.8) is 0 Å². The van der Waals surface area contributed by atoms with Gasteiger partial charge in [-0.3, -0.25) is 9.59 Å². The van der Waals surface area contributed by atoms with Gasteiger partial charge in [0.25, 0.3) is 0 Å². The molecule has 0 saturated heterocycles. The number of rotatable bonds is 27. The normalized spacial score (nSPS) is 12.3. The summed E-state index contributed by atoms with van der Waals surface area (Å²) in [5.74, 6) is -0.781. The third-order valence-electron chi connectivity index (χ3n) is 6.74. The van der Waals surface area contributed by atoms with Crippen molar-refractivity contribution in [3.8, 4) is 0 Å². The molecular weight excluding hydrogens is 436 g/mol. The molecule has 4 nitrogen and oxygen atoms in total. The lowest BCUT2D eigenvalue weighted by Gasteiger charge is -2.18. The molecule has 0 aromatic heterocycles. The number of unbranched alkanes of at least 4 members (excludes halogenated alkanes) is 16. The summed E-state index contributed by atoms with van der Waals surface area (Å²) in [6.07, 6.45) is 31.0. The van der Waals surface area contributed by atoms with E-state index in [0.29, 0.717) is 12.8 Å². The lowest BCUT2D eigenvalue weighted by atomic mass is 10.0. The summed E-state index contributed by atoms with van der Waals surface area (Å²) in [5, 5.41) is 8.75. The average Bonchev–Trinajstić information content (AvgIpc) is 2.83. The van der Waals surface area contributed by atoms with Crippen LogP contribution in [0.2, 0.25) is 0 Å². The predicted octanol–water partition coefficient (Wildman–Crippen LogP) is 9.94. The molecule has 1 atom stereocenters. The van der Waals surface area contributed by atoms with Gasteiger partial charge in [-0.2, -0.15) is 0 Å². The zero-order chi connectivity index (χ0) is 25.8. The van der Waals surface area contributed by atoms with E-state index in [4.69, 9.17) is 9.84 Å². The number of carbonyl (C=O) groups excluding carboxylic acids is 1. The first-order valence-corrected chi connectivity index (χ1v) is 15.2. The Kier molecular flexibility index (Phi) is 26.2. The van der Waals surface area contributed by atoms with Crippen LogP contribution in [0.15, 0.2) is 12.2 Å². The van der Waals surface area contributed by atoms with Crippen molar-refractivity contribution in [2.45, 2.75) is 174 Å². The minimum Gasteiger partial charge on any atom is -0.481 e. The molecule has 0 radical (unpaired) electrons. The van der Waals surface area contributed by atoms with Gasteiger partial charge < -0.3 is 9.84 Å². The van der Waals surface area contributed by atoms with Gasteiger partial charge in [0.05, 0.1) is 0 Å². The summed E-state index contributed by atoms with van der Waals surface area (Å²) in [4.78, 5) is 22.9. The van der Waals surface area contributed by atoms with Gasteiger partial charge in [-0.05, 0) is 64.2 Å². The fourth-order valence-corrected chi connectivity index (χ4v) is 4.47. The van der Waals surface area contributed by atoms with E-state index in [1.807, 2.05) is 0 Å². The number of hydrogen-bond donors (Lipinski definition) is 1. The molecule has 0 heterocycles. The number of hydrogen-bond acceptors (Lipinski definition) is 3. The number of carboxylic acid groups (broad SMARTS) is 1. The first kappa shape index (κ1) is 33.7. The van der Waals surface area contributed by atoms with Gasteiger partial charge in [0.15, 0.2) is 0 Å². The van der Waals surface area contributed by atoms with Crippen LogP contribution < -0.4 is 0 Å². The van der Waals surface area contributed by atoms with Crippen LogP contribution in [0.25, 0.3) is 0 Å². The van der Waals surface area contributed by atoms with E-state index >= 15 is 0 Å². The molecule has 0 aromatic carbocycles. The van der Waals surface area contributed by atoms with Gasteiger partial charge in [-0.25, -0.2) is 0 Å². The summed E-state index contributed by atoms with van der Waals surface area (Å²) in [6, 6.07) is 0. The van der Waals surface area contributed by atoms with Gasteiger partial charge in [0.2, 0.25) is 0 Å². The Balaban J connectivity index is 3.70. The highest BCUT2D eigenvalue weighted by atomic mass is 16.5. The van der Waals surface area contributed by atoms with Crippen LogP contribution in [0.3, 0.4) is 0 Å². The molecule has 0 aromatic rings. The smallest absolute Gasteiger partial charge is 0.306 e. The lowest BCUT2D eigenvalue weighted by Crippen LogP contribution is -2.18. The van der Waals surface area contributed by atoms with Crippen molar-refractivity contribution in [1.82, 2.24) is 0 Å². The molecular formula is C31H58O4. The molecule has 1 unspecified atom stereocenters. The van der Waals surface area contributed by atoms with E-state index < -0.39 is 5.97 Å². The van der Waals surface area contributed by atoms with Crippen LogP contribution in [0.1, 0.15) is 168 Å². The second-order valence-corrected chi connectivity index (χ2v) is 10.3. The molecule has 0 saturated carbocycles. The Morgan fingerprint density at radius 3 is 1.60 bits per heavy atom. The molecule has 206 valence electrons. The average molecular weight is 495 g/mol. The Hall–Kier alpha value is -1.32. The molecule has 35 heavy (non-hydrogen) atoms. The summed E-state index contributed by atoms with van der Waals surface area (Å²) in [7, 11) is 0. The maximum atomic E-state index is 12.3. The minimum atomic E-state index is -0.730. The van der Waals surface area contributed by atoms with Crippen molar-refractivity contribution in [1.29, 1.82) is 0 Å². The maximum Gasteiger partial charge on any atom is 0.306 e. The van der Waals surface area contributed by atoms with Gasteiger partial charge in [-0.15, -0.1) is 0 Å². The largest absolute Gasteiger partial charge is 0.481 e. The first-order valence-electron chi connectivity index (χ1n) is 15.2. The van der Waals surface area contributed by atoms with Crippen molar-refractivity contribution in [3.05, 3.63) is 12.2 Å². The number of aliphatic carboxylic acids is 1. The SMILES string of the molecule is CCCCCCCCC/C=C\CCCCCCCC(=O)OC(CCCCC)CCCCCC(=O)O. The lowest BCUT2D eigenvalue weighted by molar-refractivity contribution is -0.150. The van der Waals surface area contributed by atoms with Gasteiger partial charge in [-0.1, -0.05) is 103 Å². The van der Waals surface area contributed by atoms with Crippen molar-refractivity contribution >= 4 is 11.9 Å². The predicted molar refractivity (Wildman–Crippen MR) is 149 cm³/mol. The topological polar surface area (TPSA) is 63.6 Å². The van der Waals surface area contributed by atoms with E-state index in [0.717, 1.165) is 51.4 Å². The molecule has 0 aliphatic carbocycles. The Morgan fingerprint density at radius 1 is 0.600 bits per heavy atom. The Labute approximate surface area is 217 Å². The van der Waals surface area contributed by atoms with Crippen molar-refractivity contribution in [2.75, 3.05) is 0 Å². The monoisotopic (exact) mass is 494 g/mol. The number of carboxylic acids is 1.